The molecule has 4 nitrogen and oxygen atoms in total. The molecule has 0 atom stereocenters. The molecule has 0 radical (unpaired) electrons. The van der Waals surface area contributed by atoms with Crippen LogP contribution in [0.25, 0.3) is 6.08 Å². The molecule has 0 aliphatic heterocycles. The highest BCUT2D eigenvalue weighted by Crippen LogP contribution is 2.16. The summed E-state index contributed by atoms with van der Waals surface area (Å²) in [5, 5.41) is 0. The van der Waals surface area contributed by atoms with Crippen LogP contribution in [0.15, 0.2) is 24.8 Å². The van der Waals surface area contributed by atoms with Crippen LogP contribution in [-0.4, -0.2) is 25.2 Å². The lowest BCUT2D eigenvalue weighted by molar-refractivity contribution is 0.0479. The van der Waals surface area contributed by atoms with E-state index in [2.05, 4.69) is 6.58 Å². The van der Waals surface area contributed by atoms with Gasteiger partial charge in [0, 0.05) is 0 Å². The van der Waals surface area contributed by atoms with Crippen LogP contribution in [0.1, 0.15) is 40.1 Å². The lowest BCUT2D eigenvalue weighted by atomic mass is 10.0. The van der Waals surface area contributed by atoms with Gasteiger partial charge in [-0.1, -0.05) is 18.7 Å². The quantitative estimate of drug-likeness (QED) is 0.752. The van der Waals surface area contributed by atoms with Gasteiger partial charge in [-0.25, -0.2) is 9.59 Å². The van der Waals surface area contributed by atoms with Crippen LogP contribution in [0, 0.1) is 0 Å². The molecule has 0 bridgehead atoms. The van der Waals surface area contributed by atoms with Crippen molar-refractivity contribution < 1.29 is 19.1 Å². The molecule has 1 rings (SSSR count). The Labute approximate surface area is 106 Å². The zero-order chi connectivity index (χ0) is 13.5. The number of rotatable bonds is 5. The first-order valence-corrected chi connectivity index (χ1v) is 5.74. The molecular weight excluding hydrogens is 232 g/mol. The minimum atomic E-state index is -0.538. The first-order valence-electron chi connectivity index (χ1n) is 5.74. The summed E-state index contributed by atoms with van der Waals surface area (Å²) >= 11 is 0. The third-order valence-electron chi connectivity index (χ3n) is 2.27. The number of carbonyl (C=O) groups is 2. The van der Waals surface area contributed by atoms with Gasteiger partial charge in [0.25, 0.3) is 0 Å². The van der Waals surface area contributed by atoms with Crippen molar-refractivity contribution in [1.82, 2.24) is 0 Å². The van der Waals surface area contributed by atoms with Crippen molar-refractivity contribution in [1.29, 1.82) is 0 Å². The average molecular weight is 248 g/mol. The smallest absolute Gasteiger partial charge is 0.339 e. The number of ether oxygens (including phenoxy) is 2. The second-order valence-electron chi connectivity index (χ2n) is 3.45. The molecule has 0 amide bonds. The fourth-order valence-electron chi connectivity index (χ4n) is 1.45. The molecule has 1 aromatic carbocycles. The molecular formula is C14H16O4. The minimum absolute atomic E-state index is 0.202. The van der Waals surface area contributed by atoms with Gasteiger partial charge in [-0.3, -0.25) is 0 Å². The number of hydrogen-bond acceptors (Lipinski definition) is 4. The van der Waals surface area contributed by atoms with Crippen molar-refractivity contribution in [2.24, 2.45) is 0 Å². The van der Waals surface area contributed by atoms with Gasteiger partial charge in [-0.2, -0.15) is 0 Å². The summed E-state index contributed by atoms with van der Waals surface area (Å²) in [5.41, 5.74) is 1.15. The zero-order valence-electron chi connectivity index (χ0n) is 10.6. The molecule has 0 aliphatic carbocycles. The number of hydrogen-bond donors (Lipinski definition) is 0. The highest BCUT2D eigenvalue weighted by atomic mass is 16.5. The lowest BCUT2D eigenvalue weighted by Crippen LogP contribution is -2.14. The summed E-state index contributed by atoms with van der Waals surface area (Å²) in [6, 6.07) is 4.81. The second-order valence-corrected chi connectivity index (χ2v) is 3.45. The van der Waals surface area contributed by atoms with E-state index in [1.807, 2.05) is 0 Å². The lowest BCUT2D eigenvalue weighted by Gasteiger charge is -2.09. The van der Waals surface area contributed by atoms with Gasteiger partial charge < -0.3 is 9.47 Å². The van der Waals surface area contributed by atoms with E-state index in [1.165, 1.54) is 0 Å². The topological polar surface area (TPSA) is 52.6 Å². The molecule has 0 unspecified atom stereocenters. The van der Waals surface area contributed by atoms with Gasteiger partial charge in [0.05, 0.1) is 24.3 Å². The van der Waals surface area contributed by atoms with Crippen molar-refractivity contribution in [2.45, 2.75) is 13.8 Å². The Hall–Kier alpha value is -2.10. The highest BCUT2D eigenvalue weighted by Gasteiger charge is 2.19. The Morgan fingerprint density at radius 1 is 1.11 bits per heavy atom. The van der Waals surface area contributed by atoms with Crippen LogP contribution >= 0.6 is 0 Å². The first-order chi connectivity index (χ1) is 8.63. The van der Waals surface area contributed by atoms with E-state index in [4.69, 9.17) is 9.47 Å². The first kappa shape index (κ1) is 14.0. The largest absolute Gasteiger partial charge is 0.462 e. The van der Waals surface area contributed by atoms with Crippen molar-refractivity contribution in [2.75, 3.05) is 13.2 Å². The van der Waals surface area contributed by atoms with Crippen LogP contribution in [-0.2, 0) is 9.47 Å². The summed E-state index contributed by atoms with van der Waals surface area (Å²) in [5.74, 6) is -1.07. The fraction of sp³-hybridized carbons (Fsp3) is 0.286. The SMILES string of the molecule is C=Cc1ccc(C(=O)OCC)c(C(=O)OCC)c1. The maximum Gasteiger partial charge on any atom is 0.339 e. The van der Waals surface area contributed by atoms with E-state index in [9.17, 15) is 9.59 Å². The maximum absolute atomic E-state index is 11.8. The molecule has 0 fully saturated rings. The van der Waals surface area contributed by atoms with Crippen molar-refractivity contribution >= 4 is 18.0 Å². The summed E-state index contributed by atoms with van der Waals surface area (Å²) in [6.07, 6.45) is 1.59. The van der Waals surface area contributed by atoms with Gasteiger partial charge in [-0.05, 0) is 31.5 Å². The van der Waals surface area contributed by atoms with Gasteiger partial charge in [0.1, 0.15) is 0 Å². The van der Waals surface area contributed by atoms with Crippen LogP contribution in [0.4, 0.5) is 0 Å². The Kier molecular flexibility index (Phi) is 5.11. The molecule has 0 saturated carbocycles. The van der Waals surface area contributed by atoms with E-state index >= 15 is 0 Å². The normalized spacial score (nSPS) is 9.67. The van der Waals surface area contributed by atoms with E-state index in [0.29, 0.717) is 0 Å². The number of esters is 2. The van der Waals surface area contributed by atoms with Gasteiger partial charge in [-0.15, -0.1) is 0 Å². The second kappa shape index (κ2) is 6.59. The summed E-state index contributed by atoms with van der Waals surface area (Å²) < 4.78 is 9.81. The van der Waals surface area contributed by atoms with Crippen LogP contribution in [0.3, 0.4) is 0 Å². The van der Waals surface area contributed by atoms with Gasteiger partial charge in [0.2, 0.25) is 0 Å². The molecule has 0 saturated heterocycles. The summed E-state index contributed by atoms with van der Waals surface area (Å²) in [7, 11) is 0. The van der Waals surface area contributed by atoms with E-state index in [-0.39, 0.29) is 24.3 Å². The molecule has 18 heavy (non-hydrogen) atoms. The van der Waals surface area contributed by atoms with E-state index < -0.39 is 11.9 Å². The van der Waals surface area contributed by atoms with Gasteiger partial charge >= 0.3 is 11.9 Å². The Morgan fingerprint density at radius 2 is 1.67 bits per heavy atom. The molecule has 1 aromatic rings. The summed E-state index contributed by atoms with van der Waals surface area (Å²) in [4.78, 5) is 23.5. The standard InChI is InChI=1S/C14H16O4/c1-4-10-7-8-11(13(15)17-5-2)12(9-10)14(16)18-6-3/h4,7-9H,1,5-6H2,2-3H3. The van der Waals surface area contributed by atoms with Crippen LogP contribution < -0.4 is 0 Å². The third kappa shape index (κ3) is 3.20. The Balaban J connectivity index is 3.19. The Morgan fingerprint density at radius 3 is 2.17 bits per heavy atom. The molecule has 4 heteroatoms. The molecule has 0 aromatic heterocycles. The van der Waals surface area contributed by atoms with Crippen molar-refractivity contribution in [3.05, 3.63) is 41.5 Å². The van der Waals surface area contributed by atoms with Crippen LogP contribution in [0.2, 0.25) is 0 Å². The van der Waals surface area contributed by atoms with Crippen molar-refractivity contribution in [3.8, 4) is 0 Å². The zero-order valence-corrected chi connectivity index (χ0v) is 10.6. The molecule has 0 spiro atoms. The van der Waals surface area contributed by atoms with E-state index in [1.54, 1.807) is 38.1 Å². The number of benzene rings is 1. The number of carbonyl (C=O) groups excluding carboxylic acids is 2. The third-order valence-corrected chi connectivity index (χ3v) is 2.27. The van der Waals surface area contributed by atoms with Crippen LogP contribution in [0.5, 0.6) is 0 Å². The fourth-order valence-corrected chi connectivity index (χ4v) is 1.45. The van der Waals surface area contributed by atoms with Gasteiger partial charge in [0.15, 0.2) is 0 Å². The van der Waals surface area contributed by atoms with Crippen molar-refractivity contribution in [3.63, 3.8) is 0 Å². The molecule has 0 N–H and O–H groups in total. The summed E-state index contributed by atoms with van der Waals surface area (Å²) in [6.45, 7) is 7.54. The van der Waals surface area contributed by atoms with E-state index in [0.717, 1.165) is 5.56 Å². The minimum Gasteiger partial charge on any atom is -0.462 e. The highest BCUT2D eigenvalue weighted by molar-refractivity contribution is 6.03. The predicted octanol–water partition coefficient (Wildman–Crippen LogP) is 2.68. The monoisotopic (exact) mass is 248 g/mol. The average Bonchev–Trinajstić information content (AvgIpc) is 2.38. The molecule has 0 heterocycles. The predicted molar refractivity (Wildman–Crippen MR) is 68.4 cm³/mol. The molecule has 0 aliphatic rings. The molecule has 96 valence electrons. The maximum atomic E-state index is 11.8. The Bertz CT molecular complexity index is 463.